The molecule has 92 valence electrons. The summed E-state index contributed by atoms with van der Waals surface area (Å²) in [6.45, 7) is 7.72. The molecule has 0 aliphatic carbocycles. The van der Waals surface area contributed by atoms with Crippen molar-refractivity contribution in [3.05, 3.63) is 12.7 Å². The molecule has 0 saturated carbocycles. The van der Waals surface area contributed by atoms with Gasteiger partial charge in [0.2, 0.25) is 5.91 Å². The third kappa shape index (κ3) is 3.61. The Morgan fingerprint density at radius 3 is 2.88 bits per heavy atom. The number of hydrogen-bond acceptors (Lipinski definition) is 3. The summed E-state index contributed by atoms with van der Waals surface area (Å²) in [4.78, 5) is 13.3. The maximum atomic E-state index is 11.6. The van der Waals surface area contributed by atoms with Gasteiger partial charge in [-0.25, -0.2) is 0 Å². The lowest BCUT2D eigenvalue weighted by molar-refractivity contribution is -0.155. The van der Waals surface area contributed by atoms with E-state index in [9.17, 15) is 9.90 Å². The summed E-state index contributed by atoms with van der Waals surface area (Å²) in [6, 6.07) is 0. The lowest BCUT2D eigenvalue weighted by Crippen LogP contribution is -2.63. The number of hydrogen-bond donors (Lipinski definition) is 1. The highest BCUT2D eigenvalue weighted by Crippen LogP contribution is 2.25. The number of carbonyl (C=O) groups is 1. The number of likely N-dealkylation sites (tertiary alicyclic amines) is 1. The molecule has 1 rings (SSSR count). The van der Waals surface area contributed by atoms with Crippen molar-refractivity contribution in [2.45, 2.75) is 31.8 Å². The van der Waals surface area contributed by atoms with E-state index in [0.717, 1.165) is 6.42 Å². The number of carbonyl (C=O) groups excluding carboxylic acids is 1. The Labute approximate surface area is 96.9 Å². The van der Waals surface area contributed by atoms with Crippen LogP contribution in [0.25, 0.3) is 0 Å². The van der Waals surface area contributed by atoms with Gasteiger partial charge in [0, 0.05) is 19.6 Å². The molecular weight excluding hydrogens is 206 g/mol. The molecule has 0 aromatic carbocycles. The van der Waals surface area contributed by atoms with Crippen molar-refractivity contribution in [2.75, 3.05) is 26.3 Å². The number of aliphatic hydroxyl groups is 1. The third-order valence-electron chi connectivity index (χ3n) is 2.73. The highest BCUT2D eigenvalue weighted by atomic mass is 16.5. The van der Waals surface area contributed by atoms with Crippen molar-refractivity contribution < 1.29 is 14.6 Å². The van der Waals surface area contributed by atoms with Gasteiger partial charge in [0.05, 0.1) is 13.1 Å². The number of nitrogens with zero attached hydrogens (tertiary/aromatic N) is 1. The fourth-order valence-corrected chi connectivity index (χ4v) is 1.87. The van der Waals surface area contributed by atoms with Crippen LogP contribution in [0.2, 0.25) is 0 Å². The van der Waals surface area contributed by atoms with E-state index in [1.807, 2.05) is 6.92 Å². The molecule has 0 aromatic heterocycles. The molecule has 1 aliphatic rings. The molecule has 0 spiro atoms. The first-order chi connectivity index (χ1) is 7.61. The zero-order valence-electron chi connectivity index (χ0n) is 9.95. The average Bonchev–Trinajstić information content (AvgIpc) is 2.21. The van der Waals surface area contributed by atoms with Crippen molar-refractivity contribution in [1.82, 2.24) is 4.90 Å². The van der Waals surface area contributed by atoms with Crippen LogP contribution in [0.5, 0.6) is 0 Å². The standard InChI is InChI=1S/C12H21NO3/c1-3-7-12(15)9-13(10-12)11(14)6-5-8-16-4-2/h3,15H,1,4-10H2,2H3. The first kappa shape index (κ1) is 13.2. The van der Waals surface area contributed by atoms with Crippen LogP contribution in [-0.4, -0.2) is 47.8 Å². The van der Waals surface area contributed by atoms with Crippen molar-refractivity contribution in [3.8, 4) is 0 Å². The Kier molecular flexibility index (Phi) is 4.96. The zero-order chi connectivity index (χ0) is 12.0. The molecule has 0 aromatic rings. The van der Waals surface area contributed by atoms with Crippen molar-refractivity contribution >= 4 is 5.91 Å². The molecule has 1 N–H and O–H groups in total. The summed E-state index contributed by atoms with van der Waals surface area (Å²) in [7, 11) is 0. The minimum Gasteiger partial charge on any atom is -0.386 e. The summed E-state index contributed by atoms with van der Waals surface area (Å²) in [5.41, 5.74) is -0.725. The smallest absolute Gasteiger partial charge is 0.222 e. The van der Waals surface area contributed by atoms with E-state index >= 15 is 0 Å². The Balaban J connectivity index is 2.14. The zero-order valence-corrected chi connectivity index (χ0v) is 9.95. The van der Waals surface area contributed by atoms with E-state index in [-0.39, 0.29) is 5.91 Å². The SMILES string of the molecule is C=CCC1(O)CN(C(=O)CCCOCC)C1. The molecule has 1 saturated heterocycles. The molecule has 1 heterocycles. The first-order valence-electron chi connectivity index (χ1n) is 5.80. The monoisotopic (exact) mass is 227 g/mol. The van der Waals surface area contributed by atoms with Gasteiger partial charge < -0.3 is 14.7 Å². The number of β-amino-alcohol motifs (C(OH)–C–C–N with tert-alkyl or cyclic N) is 1. The van der Waals surface area contributed by atoms with Crippen LogP contribution in [0.1, 0.15) is 26.2 Å². The molecule has 4 nitrogen and oxygen atoms in total. The van der Waals surface area contributed by atoms with Gasteiger partial charge in [-0.05, 0) is 19.8 Å². The van der Waals surface area contributed by atoms with E-state index < -0.39 is 5.60 Å². The van der Waals surface area contributed by atoms with Crippen molar-refractivity contribution in [1.29, 1.82) is 0 Å². The lowest BCUT2D eigenvalue weighted by Gasteiger charge is -2.46. The average molecular weight is 227 g/mol. The summed E-state index contributed by atoms with van der Waals surface area (Å²) < 4.78 is 5.16. The number of ether oxygens (including phenoxy) is 1. The maximum absolute atomic E-state index is 11.6. The van der Waals surface area contributed by atoms with E-state index in [4.69, 9.17) is 4.74 Å². The van der Waals surface area contributed by atoms with Gasteiger partial charge in [-0.3, -0.25) is 4.79 Å². The largest absolute Gasteiger partial charge is 0.386 e. The second-order valence-electron chi connectivity index (χ2n) is 4.27. The van der Waals surface area contributed by atoms with Crippen LogP contribution in [0, 0.1) is 0 Å². The number of amides is 1. The van der Waals surface area contributed by atoms with Gasteiger partial charge in [-0.15, -0.1) is 6.58 Å². The fraction of sp³-hybridized carbons (Fsp3) is 0.750. The fourth-order valence-electron chi connectivity index (χ4n) is 1.87. The Morgan fingerprint density at radius 1 is 1.62 bits per heavy atom. The van der Waals surface area contributed by atoms with E-state index in [0.29, 0.717) is 39.1 Å². The van der Waals surface area contributed by atoms with E-state index in [1.165, 1.54) is 0 Å². The van der Waals surface area contributed by atoms with Crippen LogP contribution >= 0.6 is 0 Å². The minimum absolute atomic E-state index is 0.105. The Morgan fingerprint density at radius 2 is 2.31 bits per heavy atom. The van der Waals surface area contributed by atoms with E-state index in [1.54, 1.807) is 11.0 Å². The summed E-state index contributed by atoms with van der Waals surface area (Å²) >= 11 is 0. The molecule has 1 fully saturated rings. The van der Waals surface area contributed by atoms with Gasteiger partial charge in [-0.2, -0.15) is 0 Å². The second kappa shape index (κ2) is 6.01. The van der Waals surface area contributed by atoms with Gasteiger partial charge in [0.15, 0.2) is 0 Å². The second-order valence-corrected chi connectivity index (χ2v) is 4.27. The maximum Gasteiger partial charge on any atom is 0.222 e. The van der Waals surface area contributed by atoms with E-state index in [2.05, 4.69) is 6.58 Å². The Hall–Kier alpha value is -0.870. The van der Waals surface area contributed by atoms with Crippen LogP contribution in [0.15, 0.2) is 12.7 Å². The summed E-state index contributed by atoms with van der Waals surface area (Å²) in [5.74, 6) is 0.105. The topological polar surface area (TPSA) is 49.8 Å². The molecule has 4 heteroatoms. The molecule has 0 unspecified atom stereocenters. The Bertz CT molecular complexity index is 247. The molecule has 1 amide bonds. The van der Waals surface area contributed by atoms with Crippen LogP contribution in [-0.2, 0) is 9.53 Å². The minimum atomic E-state index is -0.725. The molecule has 0 radical (unpaired) electrons. The molecular formula is C12H21NO3. The first-order valence-corrected chi connectivity index (χ1v) is 5.80. The molecule has 1 aliphatic heterocycles. The highest BCUT2D eigenvalue weighted by Gasteiger charge is 2.41. The van der Waals surface area contributed by atoms with Gasteiger partial charge in [-0.1, -0.05) is 6.08 Å². The predicted molar refractivity (Wildman–Crippen MR) is 62.1 cm³/mol. The van der Waals surface area contributed by atoms with Gasteiger partial charge >= 0.3 is 0 Å². The lowest BCUT2D eigenvalue weighted by atomic mass is 9.90. The van der Waals surface area contributed by atoms with Crippen LogP contribution in [0.3, 0.4) is 0 Å². The quantitative estimate of drug-likeness (QED) is 0.520. The molecule has 0 bridgehead atoms. The van der Waals surface area contributed by atoms with Gasteiger partial charge in [0.25, 0.3) is 0 Å². The predicted octanol–water partition coefficient (Wildman–Crippen LogP) is 0.952. The number of rotatable bonds is 7. The van der Waals surface area contributed by atoms with Crippen LogP contribution in [0.4, 0.5) is 0 Å². The van der Waals surface area contributed by atoms with Gasteiger partial charge in [0.1, 0.15) is 5.60 Å². The summed E-state index contributed by atoms with van der Waals surface area (Å²) in [5, 5.41) is 9.85. The van der Waals surface area contributed by atoms with Crippen molar-refractivity contribution in [2.24, 2.45) is 0 Å². The van der Waals surface area contributed by atoms with Crippen molar-refractivity contribution in [3.63, 3.8) is 0 Å². The third-order valence-corrected chi connectivity index (χ3v) is 2.73. The normalized spacial score (nSPS) is 18.0. The van der Waals surface area contributed by atoms with Crippen LogP contribution < -0.4 is 0 Å². The molecule has 16 heavy (non-hydrogen) atoms. The highest BCUT2D eigenvalue weighted by molar-refractivity contribution is 5.77. The molecule has 0 atom stereocenters. The summed E-state index contributed by atoms with van der Waals surface area (Å²) in [6.07, 6.45) is 3.50.